The molecule has 4 aliphatic rings. The fourth-order valence-electron chi connectivity index (χ4n) is 5.01. The zero-order valence-electron chi connectivity index (χ0n) is 16.6. The van der Waals surface area contributed by atoms with E-state index in [4.69, 9.17) is 4.74 Å². The number of imide groups is 1. The molecule has 5 rings (SSSR count). The average Bonchev–Trinajstić information content (AvgIpc) is 3.02. The molecule has 0 saturated carbocycles. The summed E-state index contributed by atoms with van der Waals surface area (Å²) in [6.45, 7) is 7.30. The van der Waals surface area contributed by atoms with Crippen LogP contribution in [0.15, 0.2) is 12.1 Å². The Morgan fingerprint density at radius 3 is 2.83 bits per heavy atom. The van der Waals surface area contributed by atoms with E-state index in [0.29, 0.717) is 31.2 Å². The number of anilines is 1. The molecule has 3 amide bonds. The summed E-state index contributed by atoms with van der Waals surface area (Å²) in [5.74, 6) is -0.0544. The van der Waals surface area contributed by atoms with Crippen molar-refractivity contribution in [2.75, 3.05) is 37.7 Å². The Bertz CT molecular complexity index is 886. The van der Waals surface area contributed by atoms with Gasteiger partial charge in [-0.1, -0.05) is 6.92 Å². The van der Waals surface area contributed by atoms with E-state index in [1.807, 2.05) is 6.07 Å². The molecule has 8 heteroatoms. The third-order valence-electron chi connectivity index (χ3n) is 6.45. The Morgan fingerprint density at radius 1 is 1.17 bits per heavy atom. The highest BCUT2D eigenvalue weighted by molar-refractivity contribution is 6.05. The van der Waals surface area contributed by atoms with E-state index in [1.54, 1.807) is 4.90 Å². The third kappa shape index (κ3) is 3.06. The Balaban J connectivity index is 1.39. The molecule has 0 aromatic heterocycles. The van der Waals surface area contributed by atoms with Crippen LogP contribution in [0.5, 0.6) is 5.75 Å². The van der Waals surface area contributed by atoms with Crippen molar-refractivity contribution in [1.29, 1.82) is 0 Å². The average molecular weight is 398 g/mol. The first-order chi connectivity index (χ1) is 14.0. The van der Waals surface area contributed by atoms with Crippen LogP contribution in [0.4, 0.5) is 5.69 Å². The Morgan fingerprint density at radius 2 is 2.03 bits per heavy atom. The fourth-order valence-corrected chi connectivity index (χ4v) is 5.01. The number of piperidine rings is 1. The Labute approximate surface area is 169 Å². The molecule has 0 bridgehead atoms. The monoisotopic (exact) mass is 398 g/mol. The second-order valence-electron chi connectivity index (χ2n) is 8.34. The number of piperazine rings is 1. The van der Waals surface area contributed by atoms with Crippen molar-refractivity contribution in [1.82, 2.24) is 15.1 Å². The van der Waals surface area contributed by atoms with E-state index < -0.39 is 6.04 Å². The zero-order valence-corrected chi connectivity index (χ0v) is 16.6. The van der Waals surface area contributed by atoms with Crippen LogP contribution < -0.4 is 15.0 Å². The maximum absolute atomic E-state index is 13.0. The summed E-state index contributed by atoms with van der Waals surface area (Å²) < 4.78 is 6.05. The first-order valence-electron chi connectivity index (χ1n) is 10.5. The number of amides is 3. The normalized spacial score (nSPS) is 26.6. The number of nitrogens with zero attached hydrogens (tertiary/aromatic N) is 3. The highest BCUT2D eigenvalue weighted by Gasteiger charge is 2.41. The zero-order chi connectivity index (χ0) is 20.1. The van der Waals surface area contributed by atoms with Gasteiger partial charge in [0.15, 0.2) is 0 Å². The molecule has 8 nitrogen and oxygen atoms in total. The summed E-state index contributed by atoms with van der Waals surface area (Å²) in [7, 11) is 0. The van der Waals surface area contributed by atoms with E-state index in [1.165, 1.54) is 0 Å². The highest BCUT2D eigenvalue weighted by Crippen LogP contribution is 2.40. The van der Waals surface area contributed by atoms with E-state index in [2.05, 4.69) is 28.1 Å². The number of fused-ring (bicyclic) bond motifs is 4. The molecule has 0 spiro atoms. The molecule has 1 aromatic carbocycles. The van der Waals surface area contributed by atoms with Gasteiger partial charge in [0.25, 0.3) is 5.91 Å². The van der Waals surface area contributed by atoms with Crippen LogP contribution in [0.25, 0.3) is 0 Å². The van der Waals surface area contributed by atoms with E-state index in [-0.39, 0.29) is 24.1 Å². The quantitative estimate of drug-likeness (QED) is 0.757. The number of carbonyl (C=O) groups is 3. The van der Waals surface area contributed by atoms with Crippen LogP contribution in [0.3, 0.4) is 0 Å². The smallest absolute Gasteiger partial charge is 0.255 e. The number of benzene rings is 1. The molecule has 4 heterocycles. The Kier molecular flexibility index (Phi) is 4.46. The van der Waals surface area contributed by atoms with Crippen molar-refractivity contribution in [3.63, 3.8) is 0 Å². The molecule has 2 fully saturated rings. The molecule has 2 unspecified atom stereocenters. The lowest BCUT2D eigenvalue weighted by molar-refractivity contribution is -0.136. The molecule has 0 aliphatic carbocycles. The second kappa shape index (κ2) is 7.02. The largest absolute Gasteiger partial charge is 0.489 e. The summed E-state index contributed by atoms with van der Waals surface area (Å²) in [5, 5.41) is 2.35. The number of hydrogen-bond acceptors (Lipinski definition) is 6. The van der Waals surface area contributed by atoms with Gasteiger partial charge in [-0.2, -0.15) is 0 Å². The second-order valence-corrected chi connectivity index (χ2v) is 8.34. The van der Waals surface area contributed by atoms with Crippen LogP contribution in [-0.2, 0) is 16.1 Å². The fraction of sp³-hybridized carbons (Fsp3) is 0.571. The maximum Gasteiger partial charge on any atom is 0.255 e. The van der Waals surface area contributed by atoms with Gasteiger partial charge in [0.1, 0.15) is 18.4 Å². The minimum Gasteiger partial charge on any atom is -0.489 e. The van der Waals surface area contributed by atoms with Gasteiger partial charge in [-0.05, 0) is 37.1 Å². The maximum atomic E-state index is 13.0. The van der Waals surface area contributed by atoms with Crippen molar-refractivity contribution < 1.29 is 19.1 Å². The number of hydrogen-bond donors (Lipinski definition) is 1. The Hall–Kier alpha value is -2.61. The lowest BCUT2D eigenvalue weighted by Crippen LogP contribution is -2.57. The minimum absolute atomic E-state index is 0.157. The molecule has 4 aliphatic heterocycles. The molecule has 29 heavy (non-hydrogen) atoms. The van der Waals surface area contributed by atoms with Crippen LogP contribution >= 0.6 is 0 Å². The predicted octanol–water partition coefficient (Wildman–Crippen LogP) is 0.741. The summed E-state index contributed by atoms with van der Waals surface area (Å²) in [6, 6.07) is 3.64. The predicted molar refractivity (Wildman–Crippen MR) is 106 cm³/mol. The first-order valence-corrected chi connectivity index (χ1v) is 10.5. The highest BCUT2D eigenvalue weighted by atomic mass is 16.5. The molecule has 2 saturated heterocycles. The van der Waals surface area contributed by atoms with Crippen molar-refractivity contribution in [2.45, 2.75) is 44.8 Å². The van der Waals surface area contributed by atoms with Gasteiger partial charge < -0.3 is 14.5 Å². The van der Waals surface area contributed by atoms with Gasteiger partial charge >= 0.3 is 0 Å². The van der Waals surface area contributed by atoms with Crippen LogP contribution in [-0.4, -0.2) is 72.4 Å². The summed E-state index contributed by atoms with van der Waals surface area (Å²) in [4.78, 5) is 43.2. The first kappa shape index (κ1) is 18.4. The lowest BCUT2D eigenvalue weighted by atomic mass is 10.0. The molecule has 154 valence electrons. The van der Waals surface area contributed by atoms with Crippen molar-refractivity contribution in [3.8, 4) is 5.75 Å². The molecule has 1 aromatic rings. The number of carbonyl (C=O) groups excluding carboxylic acids is 3. The van der Waals surface area contributed by atoms with Gasteiger partial charge in [-0.25, -0.2) is 0 Å². The SMILES string of the molecule is CCCN1CCN2c3cc4c(cc3OCC2C1)C(=O)N(C1CCC(=O)NC1=O)C4. The summed E-state index contributed by atoms with van der Waals surface area (Å²) in [5.41, 5.74) is 2.59. The summed E-state index contributed by atoms with van der Waals surface area (Å²) >= 11 is 0. The molecule has 2 atom stereocenters. The van der Waals surface area contributed by atoms with Crippen LogP contribution in [0, 0.1) is 0 Å². The van der Waals surface area contributed by atoms with E-state index in [9.17, 15) is 14.4 Å². The number of rotatable bonds is 3. The van der Waals surface area contributed by atoms with Crippen molar-refractivity contribution >= 4 is 23.4 Å². The number of nitrogens with one attached hydrogen (secondary N) is 1. The van der Waals surface area contributed by atoms with E-state index >= 15 is 0 Å². The standard InChI is InChI=1S/C21H26N4O4/c1-2-5-23-6-7-24-14(11-23)12-29-18-9-15-13(8-17(18)24)10-25(21(15)28)16-3-4-19(26)22-20(16)27/h8-9,14,16H,2-7,10-12H2,1H3,(H,22,26,27). The molecular weight excluding hydrogens is 372 g/mol. The van der Waals surface area contributed by atoms with Crippen LogP contribution in [0.2, 0.25) is 0 Å². The number of ether oxygens (including phenoxy) is 1. The topological polar surface area (TPSA) is 82.2 Å². The summed E-state index contributed by atoms with van der Waals surface area (Å²) in [6.07, 6.45) is 1.79. The van der Waals surface area contributed by atoms with E-state index in [0.717, 1.165) is 49.6 Å². The van der Waals surface area contributed by atoms with Gasteiger partial charge in [-0.3, -0.25) is 24.6 Å². The molecular formula is C21H26N4O4. The van der Waals surface area contributed by atoms with Crippen molar-refractivity contribution in [2.24, 2.45) is 0 Å². The minimum atomic E-state index is -0.587. The van der Waals surface area contributed by atoms with Crippen LogP contribution in [0.1, 0.15) is 42.1 Å². The molecule has 0 radical (unpaired) electrons. The van der Waals surface area contributed by atoms with Gasteiger partial charge in [0.05, 0.1) is 11.7 Å². The van der Waals surface area contributed by atoms with Crippen molar-refractivity contribution in [3.05, 3.63) is 23.3 Å². The molecule has 1 N–H and O–H groups in total. The van der Waals surface area contributed by atoms with Gasteiger partial charge in [0.2, 0.25) is 11.8 Å². The van der Waals surface area contributed by atoms with Gasteiger partial charge in [-0.15, -0.1) is 0 Å². The lowest BCUT2D eigenvalue weighted by Gasteiger charge is -2.45. The van der Waals surface area contributed by atoms with Gasteiger partial charge in [0, 0.05) is 38.2 Å². The third-order valence-corrected chi connectivity index (χ3v) is 6.45.